The van der Waals surface area contributed by atoms with Gasteiger partial charge in [0.25, 0.3) is 0 Å². The van der Waals surface area contributed by atoms with Gasteiger partial charge in [0, 0.05) is 6.16 Å². The van der Waals surface area contributed by atoms with E-state index in [2.05, 4.69) is 0 Å². The van der Waals surface area contributed by atoms with Crippen LogP contribution >= 0.6 is 7.26 Å². The van der Waals surface area contributed by atoms with Crippen molar-refractivity contribution < 1.29 is 65.9 Å². The smallest absolute Gasteiger partial charge is 0.200 e. The molecule has 0 aromatic heterocycles. The van der Waals surface area contributed by atoms with E-state index in [1.165, 1.54) is 0 Å². The Morgan fingerprint density at radius 1 is 0.368 bits per heavy atom. The lowest BCUT2D eigenvalue weighted by Crippen LogP contribution is -2.73. The van der Waals surface area contributed by atoms with Gasteiger partial charge < -0.3 is 0 Å². The van der Waals surface area contributed by atoms with Crippen LogP contribution in [0.4, 0.5) is 65.9 Å². The minimum Gasteiger partial charge on any atom is -0.207 e. The van der Waals surface area contributed by atoms with E-state index < -0.39 is 130 Å². The van der Waals surface area contributed by atoms with Crippen molar-refractivity contribution in [3.05, 3.63) is 145 Å². The van der Waals surface area contributed by atoms with Crippen molar-refractivity contribution in [3.63, 3.8) is 0 Å². The third kappa shape index (κ3) is 6.50. The van der Waals surface area contributed by atoms with Crippen LogP contribution in [0.2, 0.25) is 6.32 Å². The number of benzene rings is 5. The van der Waals surface area contributed by atoms with E-state index in [0.717, 1.165) is 0 Å². The van der Waals surface area contributed by atoms with E-state index in [-0.39, 0.29) is 6.16 Å². The minimum atomic E-state index is -5.72. The zero-order valence-electron chi connectivity index (χ0n) is 31.1. The van der Waals surface area contributed by atoms with Crippen molar-refractivity contribution >= 4 is 40.4 Å². The molecule has 0 heterocycles. The van der Waals surface area contributed by atoms with Crippen LogP contribution in [0.1, 0.15) is 40.3 Å². The van der Waals surface area contributed by atoms with Crippen molar-refractivity contribution in [2.45, 2.75) is 54.8 Å². The maximum atomic E-state index is 16.3. The average Bonchev–Trinajstić information content (AvgIpc) is 3.14. The van der Waals surface area contributed by atoms with E-state index in [1.807, 2.05) is 0 Å². The highest BCUT2D eigenvalue weighted by molar-refractivity contribution is 7.90. The van der Waals surface area contributed by atoms with Gasteiger partial charge in [0.15, 0.2) is 52.4 Å². The third-order valence-corrected chi connectivity index (χ3v) is 16.0. The van der Waals surface area contributed by atoms with Gasteiger partial charge in [-0.25, -0.2) is 65.9 Å². The van der Waals surface area contributed by atoms with Crippen molar-refractivity contribution in [3.8, 4) is 0 Å². The van der Waals surface area contributed by atoms with Crippen LogP contribution in [0.3, 0.4) is 0 Å². The first-order valence-electron chi connectivity index (χ1n) is 17.2. The normalized spacial score (nSPS) is 12.2. The number of halogens is 15. The van der Waals surface area contributed by atoms with Crippen LogP contribution in [0.25, 0.3) is 0 Å². The van der Waals surface area contributed by atoms with Crippen molar-refractivity contribution in [2.24, 2.45) is 0 Å². The summed E-state index contributed by atoms with van der Waals surface area (Å²) in [4.78, 5) is 0. The summed E-state index contributed by atoms with van der Waals surface area (Å²) in [7, 11) is -3.52. The van der Waals surface area contributed by atoms with E-state index in [4.69, 9.17) is 0 Å². The lowest BCUT2D eigenvalue weighted by Gasteiger charge is -2.45. The van der Waals surface area contributed by atoms with Crippen LogP contribution in [-0.2, 0) is 0 Å². The van der Waals surface area contributed by atoms with Gasteiger partial charge in [0.05, 0.1) is 13.4 Å². The third-order valence-electron chi connectivity index (χ3n) is 10.8. The molecule has 0 saturated carbocycles. The molecule has 5 rings (SSSR count). The minimum absolute atomic E-state index is 0.0417. The number of rotatable bonds is 9. The molecular formula is C40H31BF15P. The molecule has 0 saturated heterocycles. The zero-order chi connectivity index (χ0) is 43.0. The van der Waals surface area contributed by atoms with Crippen molar-refractivity contribution in [2.75, 3.05) is 12.3 Å². The highest BCUT2D eigenvalue weighted by Crippen LogP contribution is 2.60. The summed E-state index contributed by atoms with van der Waals surface area (Å²) in [6.45, 7) is 11.6. The molecule has 304 valence electrons. The van der Waals surface area contributed by atoms with E-state index in [9.17, 15) is 13.2 Å². The summed E-state index contributed by atoms with van der Waals surface area (Å²) in [6.07, 6.45) is -8.33. The quantitative estimate of drug-likeness (QED) is 0.0457. The van der Waals surface area contributed by atoms with Crippen LogP contribution in [0.5, 0.6) is 0 Å². The predicted molar refractivity (Wildman–Crippen MR) is 191 cm³/mol. The Hall–Kier alpha value is -4.46. The Labute approximate surface area is 318 Å². The first-order chi connectivity index (χ1) is 26.4. The molecule has 0 radical (unpaired) electrons. The van der Waals surface area contributed by atoms with Crippen molar-refractivity contribution in [1.29, 1.82) is 0 Å². The van der Waals surface area contributed by atoms with Gasteiger partial charge in [-0.15, -0.1) is 22.7 Å². The molecule has 0 nitrogen and oxygen atoms in total. The zero-order valence-corrected chi connectivity index (χ0v) is 32.0. The Balaban J connectivity index is 2.16. The fourth-order valence-corrected chi connectivity index (χ4v) is 14.4. The average molecular weight is 838 g/mol. The van der Waals surface area contributed by atoms with Crippen LogP contribution < -0.4 is 27.0 Å². The highest BCUT2D eigenvalue weighted by atomic mass is 31.2. The first kappa shape index (κ1) is 43.7. The van der Waals surface area contributed by atoms with Crippen LogP contribution in [0.15, 0.2) is 24.3 Å². The molecule has 0 fully saturated rings. The Bertz CT molecular complexity index is 2140. The van der Waals surface area contributed by atoms with Gasteiger partial charge >= 0.3 is 0 Å². The molecule has 0 aliphatic carbocycles. The molecule has 0 N–H and O–H groups in total. The van der Waals surface area contributed by atoms with Gasteiger partial charge in [0.1, 0.15) is 51.7 Å². The van der Waals surface area contributed by atoms with Gasteiger partial charge in [-0.1, -0.05) is 35.4 Å². The Morgan fingerprint density at radius 2 is 0.579 bits per heavy atom. The molecule has 0 amide bonds. The molecule has 0 unspecified atom stereocenters. The molecule has 0 bridgehead atoms. The van der Waals surface area contributed by atoms with Gasteiger partial charge in [-0.2, -0.15) is 0 Å². The number of aryl methyl sites for hydroxylation is 6. The van der Waals surface area contributed by atoms with Gasteiger partial charge in [-0.3, -0.25) is 0 Å². The second-order valence-electron chi connectivity index (χ2n) is 14.3. The van der Waals surface area contributed by atoms with E-state index >= 15 is 52.7 Å². The molecule has 5 aromatic rings. The lowest BCUT2D eigenvalue weighted by atomic mass is 9.14. The standard InChI is InChI=1S/C40H31BF15P/c1-8-57(39-17(4)11-15(2)12-18(39)5,40-19(6)13-16(3)14-20(40)7)10-9-41(21-24(42)30(48)36(54)31(49)25(21)43,22-26(44)32(50)37(55)33(51)27(22)45)23-28(46)34(52)38(56)35(53)29(23)47/h11-14H,8-10H2,1-7H3. The van der Waals surface area contributed by atoms with E-state index in [0.29, 0.717) is 44.0 Å². The Morgan fingerprint density at radius 3 is 0.789 bits per heavy atom. The number of hydrogen-bond acceptors (Lipinski definition) is 0. The summed E-state index contributed by atoms with van der Waals surface area (Å²) >= 11 is 0. The second-order valence-corrected chi connectivity index (χ2v) is 18.2. The van der Waals surface area contributed by atoms with Crippen LogP contribution in [0, 0.1) is 129 Å². The molecule has 17 heteroatoms. The highest BCUT2D eigenvalue weighted by Gasteiger charge is 2.52. The SMILES string of the molecule is CC[P+](CC[B-](c1c(F)c(F)c(F)c(F)c1F)(c1c(F)c(F)c(F)c(F)c1F)c1c(F)c(F)c(F)c(F)c1F)(c1c(C)cc(C)cc1C)c1c(C)cc(C)cc1C. The predicted octanol–water partition coefficient (Wildman–Crippen LogP) is 9.78. The van der Waals surface area contributed by atoms with Gasteiger partial charge in [-0.05, 0) is 70.7 Å². The second kappa shape index (κ2) is 15.4. The number of hydrogen-bond donors (Lipinski definition) is 0. The molecule has 5 aromatic carbocycles. The summed E-state index contributed by atoms with van der Waals surface area (Å²) in [6, 6.07) is 6.79. The topological polar surface area (TPSA) is 0 Å². The molecule has 0 spiro atoms. The molecule has 0 atom stereocenters. The van der Waals surface area contributed by atoms with E-state index in [1.54, 1.807) is 72.7 Å². The van der Waals surface area contributed by atoms with Crippen molar-refractivity contribution in [1.82, 2.24) is 0 Å². The maximum Gasteiger partial charge on any atom is 0.200 e. The molecule has 0 aliphatic heterocycles. The fourth-order valence-electron chi connectivity index (χ4n) is 8.95. The summed E-state index contributed by atoms with van der Waals surface area (Å²) < 4.78 is 233. The molecule has 0 aliphatic rings. The first-order valence-corrected chi connectivity index (χ1v) is 19.4. The summed E-state index contributed by atoms with van der Waals surface area (Å²) in [5.74, 6) is -44.9. The molecule has 57 heavy (non-hydrogen) atoms. The van der Waals surface area contributed by atoms with Gasteiger partial charge in [0.2, 0.25) is 0 Å². The van der Waals surface area contributed by atoms with Crippen LogP contribution in [-0.4, -0.2) is 18.5 Å². The largest absolute Gasteiger partial charge is 0.207 e. The summed E-state index contributed by atoms with van der Waals surface area (Å²) in [5.41, 5.74) is -4.25. The summed E-state index contributed by atoms with van der Waals surface area (Å²) in [5, 5.41) is 0.921. The monoisotopic (exact) mass is 838 g/mol. The molecular weight excluding hydrogens is 807 g/mol. The lowest BCUT2D eigenvalue weighted by molar-refractivity contribution is 0.379. The maximum absolute atomic E-state index is 16.3. The Kier molecular flexibility index (Phi) is 11.8. The fraction of sp³-hybridized carbons (Fsp3) is 0.250.